The van der Waals surface area contributed by atoms with E-state index < -0.39 is 5.54 Å². The van der Waals surface area contributed by atoms with Crippen molar-refractivity contribution in [3.8, 4) is 0 Å². The minimum Gasteiger partial charge on any atom is -0.467 e. The summed E-state index contributed by atoms with van der Waals surface area (Å²) in [4.78, 5) is 14.7. The summed E-state index contributed by atoms with van der Waals surface area (Å²) in [6, 6.07) is 3.60. The molecule has 2 N–H and O–H groups in total. The lowest BCUT2D eigenvalue weighted by Crippen LogP contribution is -2.60. The van der Waals surface area contributed by atoms with Crippen LogP contribution >= 0.6 is 0 Å². The largest absolute Gasteiger partial charge is 0.467 e. The molecule has 0 aliphatic carbocycles. The average Bonchev–Trinajstić information content (AvgIpc) is 2.93. The van der Waals surface area contributed by atoms with Gasteiger partial charge >= 0.3 is 0 Å². The zero-order valence-electron chi connectivity index (χ0n) is 11.9. The monoisotopic (exact) mass is 265 g/mol. The highest BCUT2D eigenvalue weighted by Crippen LogP contribution is 2.18. The van der Waals surface area contributed by atoms with Crippen molar-refractivity contribution >= 4 is 5.91 Å². The second-order valence-electron chi connectivity index (χ2n) is 5.51. The molecule has 106 valence electrons. The maximum Gasteiger partial charge on any atom is 0.240 e. The highest BCUT2D eigenvalue weighted by molar-refractivity contribution is 5.85. The van der Waals surface area contributed by atoms with E-state index in [4.69, 9.17) is 4.42 Å². The lowest BCUT2D eigenvalue weighted by atomic mass is 10.00. The Morgan fingerprint density at radius 2 is 2.16 bits per heavy atom. The van der Waals surface area contributed by atoms with E-state index >= 15 is 0 Å². The van der Waals surface area contributed by atoms with Crippen molar-refractivity contribution in [2.75, 3.05) is 26.2 Å². The van der Waals surface area contributed by atoms with E-state index in [9.17, 15) is 4.79 Å². The first-order valence-corrected chi connectivity index (χ1v) is 6.82. The lowest BCUT2D eigenvalue weighted by molar-refractivity contribution is -0.133. The van der Waals surface area contributed by atoms with Crippen LogP contribution < -0.4 is 10.6 Å². The molecule has 0 unspecified atom stereocenters. The second kappa shape index (κ2) is 5.75. The molecule has 1 amide bonds. The zero-order valence-corrected chi connectivity index (χ0v) is 11.9. The van der Waals surface area contributed by atoms with Crippen LogP contribution in [0.15, 0.2) is 22.8 Å². The minimum atomic E-state index is -0.497. The number of amides is 1. The van der Waals surface area contributed by atoms with Crippen molar-refractivity contribution in [1.82, 2.24) is 15.5 Å². The smallest absolute Gasteiger partial charge is 0.240 e. The van der Waals surface area contributed by atoms with Gasteiger partial charge < -0.3 is 15.1 Å². The van der Waals surface area contributed by atoms with Crippen molar-refractivity contribution in [3.63, 3.8) is 0 Å². The maximum atomic E-state index is 12.5. The second-order valence-corrected chi connectivity index (χ2v) is 5.51. The first kappa shape index (κ1) is 14.1. The van der Waals surface area contributed by atoms with Gasteiger partial charge in [0.25, 0.3) is 0 Å². The third-order valence-corrected chi connectivity index (χ3v) is 3.78. The molecule has 2 rings (SSSR count). The number of piperazine rings is 1. The summed E-state index contributed by atoms with van der Waals surface area (Å²) < 4.78 is 5.32. The van der Waals surface area contributed by atoms with Crippen LogP contribution in [0.1, 0.15) is 32.6 Å². The van der Waals surface area contributed by atoms with E-state index in [-0.39, 0.29) is 11.9 Å². The number of nitrogens with zero attached hydrogens (tertiary/aromatic N) is 1. The van der Waals surface area contributed by atoms with E-state index in [0.29, 0.717) is 0 Å². The summed E-state index contributed by atoms with van der Waals surface area (Å²) in [5, 5.41) is 6.33. The van der Waals surface area contributed by atoms with Gasteiger partial charge in [-0.05, 0) is 32.9 Å². The Labute approximate surface area is 114 Å². The number of hydrogen-bond donors (Lipinski definition) is 2. The molecule has 1 saturated heterocycles. The van der Waals surface area contributed by atoms with Gasteiger partial charge in [-0.25, -0.2) is 0 Å². The number of nitrogens with one attached hydrogen (secondary N) is 2. The van der Waals surface area contributed by atoms with E-state index in [1.165, 1.54) is 0 Å². The van der Waals surface area contributed by atoms with Crippen LogP contribution in [-0.2, 0) is 4.79 Å². The Hall–Kier alpha value is -1.33. The van der Waals surface area contributed by atoms with E-state index in [1.807, 2.05) is 32.9 Å². The van der Waals surface area contributed by atoms with E-state index in [2.05, 4.69) is 15.5 Å². The molecule has 0 radical (unpaired) electrons. The summed E-state index contributed by atoms with van der Waals surface area (Å²) in [5.41, 5.74) is -0.497. The topological polar surface area (TPSA) is 57.5 Å². The molecular formula is C14H23N3O2. The number of carbonyl (C=O) groups is 1. The number of hydrogen-bond acceptors (Lipinski definition) is 4. The molecule has 1 aromatic heterocycles. The third-order valence-electron chi connectivity index (χ3n) is 3.78. The molecule has 2 heterocycles. The first-order chi connectivity index (χ1) is 9.01. The highest BCUT2D eigenvalue weighted by atomic mass is 16.3. The first-order valence-electron chi connectivity index (χ1n) is 6.82. The van der Waals surface area contributed by atoms with Gasteiger partial charge in [0.2, 0.25) is 5.91 Å². The summed E-state index contributed by atoms with van der Waals surface area (Å²) in [6.45, 7) is 9.55. The predicted molar refractivity (Wildman–Crippen MR) is 73.8 cm³/mol. The van der Waals surface area contributed by atoms with Crippen LogP contribution in [0.25, 0.3) is 0 Å². The molecule has 0 aromatic carbocycles. The van der Waals surface area contributed by atoms with Crippen LogP contribution in [0.2, 0.25) is 0 Å². The summed E-state index contributed by atoms with van der Waals surface area (Å²) in [6.07, 6.45) is 1.62. The molecule has 5 heteroatoms. The van der Waals surface area contributed by atoms with Crippen molar-refractivity contribution in [2.24, 2.45) is 0 Å². The Balaban J connectivity index is 1.97. The molecule has 19 heavy (non-hydrogen) atoms. The van der Waals surface area contributed by atoms with Gasteiger partial charge in [-0.3, -0.25) is 9.69 Å². The van der Waals surface area contributed by atoms with Gasteiger partial charge in [-0.15, -0.1) is 0 Å². The van der Waals surface area contributed by atoms with E-state index in [1.54, 1.807) is 6.26 Å². The van der Waals surface area contributed by atoms with Crippen molar-refractivity contribution in [1.29, 1.82) is 0 Å². The molecule has 1 atom stereocenters. The zero-order chi connectivity index (χ0) is 13.9. The fourth-order valence-corrected chi connectivity index (χ4v) is 2.35. The van der Waals surface area contributed by atoms with Crippen LogP contribution in [0.5, 0.6) is 0 Å². The Bertz CT molecular complexity index is 408. The lowest BCUT2D eigenvalue weighted by Gasteiger charge is -2.40. The third kappa shape index (κ3) is 3.16. The molecule has 0 saturated carbocycles. The molecule has 1 aromatic rings. The number of rotatable bonds is 4. The van der Waals surface area contributed by atoms with Crippen molar-refractivity contribution in [2.45, 2.75) is 32.4 Å². The van der Waals surface area contributed by atoms with Crippen LogP contribution in [-0.4, -0.2) is 42.5 Å². The van der Waals surface area contributed by atoms with Crippen LogP contribution in [0, 0.1) is 0 Å². The average molecular weight is 265 g/mol. The Morgan fingerprint density at radius 1 is 1.47 bits per heavy atom. The minimum absolute atomic E-state index is 0.0401. The number of carbonyl (C=O) groups excluding carboxylic acids is 1. The molecule has 0 spiro atoms. The van der Waals surface area contributed by atoms with Crippen LogP contribution in [0.4, 0.5) is 0 Å². The maximum absolute atomic E-state index is 12.5. The fourth-order valence-electron chi connectivity index (χ4n) is 2.35. The summed E-state index contributed by atoms with van der Waals surface area (Å²) in [7, 11) is 0. The molecule has 5 nitrogen and oxygen atoms in total. The quantitative estimate of drug-likeness (QED) is 0.857. The SMILES string of the molecule is C[C@H](NC(=O)C(C)(C)N1CCNCC1)c1ccco1. The van der Waals surface area contributed by atoms with Gasteiger partial charge in [0.1, 0.15) is 5.76 Å². The standard InChI is InChI=1S/C14H23N3O2/c1-11(12-5-4-10-19-12)16-13(18)14(2,3)17-8-6-15-7-9-17/h4-5,10-11,15H,6-9H2,1-3H3,(H,16,18)/t11-/m0/s1. The highest BCUT2D eigenvalue weighted by Gasteiger charge is 2.35. The predicted octanol–water partition coefficient (Wildman–Crippen LogP) is 1.14. The van der Waals surface area contributed by atoms with Gasteiger partial charge in [0.05, 0.1) is 17.8 Å². The fraction of sp³-hybridized carbons (Fsp3) is 0.643. The van der Waals surface area contributed by atoms with Crippen LogP contribution in [0.3, 0.4) is 0 Å². The molecule has 0 bridgehead atoms. The summed E-state index contributed by atoms with van der Waals surface area (Å²) >= 11 is 0. The Morgan fingerprint density at radius 3 is 2.74 bits per heavy atom. The van der Waals surface area contributed by atoms with Gasteiger partial charge in [0, 0.05) is 26.2 Å². The van der Waals surface area contributed by atoms with Gasteiger partial charge in [-0.2, -0.15) is 0 Å². The molecule has 1 aliphatic heterocycles. The molecular weight excluding hydrogens is 242 g/mol. The van der Waals surface area contributed by atoms with Gasteiger partial charge in [-0.1, -0.05) is 0 Å². The van der Waals surface area contributed by atoms with E-state index in [0.717, 1.165) is 31.9 Å². The van der Waals surface area contributed by atoms with Gasteiger partial charge in [0.15, 0.2) is 0 Å². The van der Waals surface area contributed by atoms with Crippen molar-refractivity contribution < 1.29 is 9.21 Å². The molecule has 1 fully saturated rings. The molecule has 1 aliphatic rings. The van der Waals surface area contributed by atoms with Crippen molar-refractivity contribution in [3.05, 3.63) is 24.2 Å². The summed E-state index contributed by atoms with van der Waals surface area (Å²) in [5.74, 6) is 0.822. The number of furan rings is 1. The Kier molecular flexibility index (Phi) is 4.27. The normalized spacial score (nSPS) is 19.1.